The Hall–Kier alpha value is -3.01. The molecule has 1 atom stereocenters. The number of carbonyl (C=O) groups is 2. The third kappa shape index (κ3) is 4.33. The van der Waals surface area contributed by atoms with Crippen molar-refractivity contribution in [2.75, 3.05) is 18.0 Å². The second-order valence-electron chi connectivity index (χ2n) is 5.89. The smallest absolute Gasteiger partial charge is 0.414 e. The average Bonchev–Trinajstić information content (AvgIpc) is 3.24. The summed E-state index contributed by atoms with van der Waals surface area (Å²) >= 11 is 0. The number of H-pyrrole nitrogens is 1. The molecule has 2 heterocycles. The van der Waals surface area contributed by atoms with Crippen molar-refractivity contribution in [1.82, 2.24) is 26.0 Å². The molecule has 1 fully saturated rings. The molecule has 2 amide bonds. The Bertz CT molecular complexity index is 782. The fraction of sp³-hybridized carbons (Fsp3) is 0.375. The number of aromatic amines is 1. The van der Waals surface area contributed by atoms with Crippen LogP contribution in [0.3, 0.4) is 0 Å². The van der Waals surface area contributed by atoms with E-state index in [1.165, 1.54) is 17.9 Å². The van der Waals surface area contributed by atoms with E-state index in [2.05, 4.69) is 26.0 Å². The van der Waals surface area contributed by atoms with Crippen LogP contribution >= 0.6 is 0 Å². The summed E-state index contributed by atoms with van der Waals surface area (Å²) in [4.78, 5) is 24.3. The van der Waals surface area contributed by atoms with Gasteiger partial charge in [0.2, 0.25) is 5.91 Å². The molecule has 1 aromatic carbocycles. The number of nitrogens with one attached hydrogen (secondary N) is 3. The first-order valence-corrected chi connectivity index (χ1v) is 8.09. The van der Waals surface area contributed by atoms with E-state index in [4.69, 9.17) is 4.74 Å². The number of rotatable bonds is 7. The lowest BCUT2D eigenvalue weighted by Gasteiger charge is -2.14. The summed E-state index contributed by atoms with van der Waals surface area (Å²) in [6.45, 7) is 2.64. The highest BCUT2D eigenvalue weighted by Gasteiger charge is 2.32. The predicted molar refractivity (Wildman–Crippen MR) is 89.6 cm³/mol. The van der Waals surface area contributed by atoms with Crippen molar-refractivity contribution in [3.8, 4) is 0 Å². The minimum Gasteiger partial charge on any atom is -0.442 e. The quantitative estimate of drug-likeness (QED) is 0.668. The maximum Gasteiger partial charge on any atom is 0.414 e. The third-order valence-electron chi connectivity index (χ3n) is 3.89. The van der Waals surface area contributed by atoms with E-state index in [9.17, 15) is 14.0 Å². The van der Waals surface area contributed by atoms with E-state index in [1.807, 2.05) is 0 Å². The van der Waals surface area contributed by atoms with E-state index in [0.717, 1.165) is 5.69 Å². The summed E-state index contributed by atoms with van der Waals surface area (Å²) in [5, 5.41) is 15.8. The second kappa shape index (κ2) is 7.91. The van der Waals surface area contributed by atoms with Gasteiger partial charge in [-0.1, -0.05) is 6.07 Å². The van der Waals surface area contributed by atoms with Crippen LogP contribution in [0.25, 0.3) is 0 Å². The van der Waals surface area contributed by atoms with Crippen molar-refractivity contribution >= 4 is 17.7 Å². The molecular formula is C16H19FN6O3. The largest absolute Gasteiger partial charge is 0.442 e. The third-order valence-corrected chi connectivity index (χ3v) is 3.89. The molecule has 0 radical (unpaired) electrons. The van der Waals surface area contributed by atoms with Gasteiger partial charge in [0.1, 0.15) is 11.9 Å². The van der Waals surface area contributed by atoms with E-state index in [-0.39, 0.29) is 19.0 Å². The van der Waals surface area contributed by atoms with Gasteiger partial charge in [-0.2, -0.15) is 15.4 Å². The summed E-state index contributed by atoms with van der Waals surface area (Å²) in [7, 11) is 0. The Balaban J connectivity index is 1.58. The SMILES string of the molecule is CC(=O)NC[C@@H]1CN(c2ccc(CNCc3cn[nH]n3)c(F)c2)C(=O)O1. The summed E-state index contributed by atoms with van der Waals surface area (Å²) in [6.07, 6.45) is 0.568. The average molecular weight is 362 g/mol. The number of carbonyl (C=O) groups excluding carboxylic acids is 2. The van der Waals surface area contributed by atoms with E-state index >= 15 is 0 Å². The number of hydrogen-bond acceptors (Lipinski definition) is 6. The highest BCUT2D eigenvalue weighted by atomic mass is 19.1. The molecule has 1 aliphatic heterocycles. The number of amides is 2. The molecule has 0 saturated carbocycles. The van der Waals surface area contributed by atoms with Crippen LogP contribution in [0.1, 0.15) is 18.2 Å². The van der Waals surface area contributed by atoms with Gasteiger partial charge in [-0.25, -0.2) is 9.18 Å². The molecule has 1 aromatic heterocycles. The standard InChI is InChI=1S/C16H19FN6O3/c1-10(24)19-8-14-9-23(16(25)26-14)13-3-2-11(15(17)4-13)5-18-6-12-7-20-22-21-12/h2-4,7,14,18H,5-6,8-9H2,1H3,(H,19,24)(H,20,21,22)/t14-/m1/s1. The van der Waals surface area contributed by atoms with Crippen molar-refractivity contribution in [2.45, 2.75) is 26.1 Å². The molecule has 9 nitrogen and oxygen atoms in total. The topological polar surface area (TPSA) is 112 Å². The first-order chi connectivity index (χ1) is 12.5. The number of halogens is 1. The van der Waals surface area contributed by atoms with Crippen LogP contribution in [-0.4, -0.2) is 46.6 Å². The summed E-state index contributed by atoms with van der Waals surface area (Å²) in [6, 6.07) is 4.59. The van der Waals surface area contributed by atoms with Gasteiger partial charge in [-0.15, -0.1) is 0 Å². The van der Waals surface area contributed by atoms with Crippen molar-refractivity contribution in [3.63, 3.8) is 0 Å². The molecule has 3 rings (SSSR count). The summed E-state index contributed by atoms with van der Waals surface area (Å²) < 4.78 is 19.5. The second-order valence-corrected chi connectivity index (χ2v) is 5.89. The Morgan fingerprint density at radius 1 is 1.46 bits per heavy atom. The summed E-state index contributed by atoms with van der Waals surface area (Å²) in [5.41, 5.74) is 1.62. The van der Waals surface area contributed by atoms with Crippen LogP contribution < -0.4 is 15.5 Å². The van der Waals surface area contributed by atoms with Gasteiger partial charge >= 0.3 is 6.09 Å². The van der Waals surface area contributed by atoms with Gasteiger partial charge < -0.3 is 15.4 Å². The van der Waals surface area contributed by atoms with Crippen molar-refractivity contribution in [1.29, 1.82) is 0 Å². The maximum absolute atomic E-state index is 14.3. The maximum atomic E-state index is 14.3. The zero-order valence-electron chi connectivity index (χ0n) is 14.2. The molecule has 0 aliphatic carbocycles. The van der Waals surface area contributed by atoms with Gasteiger partial charge in [0.05, 0.1) is 30.7 Å². The number of ether oxygens (including phenoxy) is 1. The minimum absolute atomic E-state index is 0.201. The van der Waals surface area contributed by atoms with Crippen LogP contribution in [0, 0.1) is 5.82 Å². The molecule has 138 valence electrons. The van der Waals surface area contributed by atoms with Crippen LogP contribution in [0.4, 0.5) is 14.9 Å². The molecule has 0 bridgehead atoms. The van der Waals surface area contributed by atoms with Crippen LogP contribution in [0.2, 0.25) is 0 Å². The molecule has 26 heavy (non-hydrogen) atoms. The lowest BCUT2D eigenvalue weighted by Crippen LogP contribution is -2.33. The Morgan fingerprint density at radius 3 is 3.00 bits per heavy atom. The van der Waals surface area contributed by atoms with Crippen molar-refractivity contribution in [3.05, 3.63) is 41.5 Å². The van der Waals surface area contributed by atoms with Crippen LogP contribution in [-0.2, 0) is 22.6 Å². The molecule has 3 N–H and O–H groups in total. The monoisotopic (exact) mass is 362 g/mol. The number of aromatic nitrogens is 3. The fourth-order valence-electron chi connectivity index (χ4n) is 2.58. The fourth-order valence-corrected chi connectivity index (χ4v) is 2.58. The Morgan fingerprint density at radius 2 is 2.31 bits per heavy atom. The highest BCUT2D eigenvalue weighted by Crippen LogP contribution is 2.24. The Kier molecular flexibility index (Phi) is 5.42. The molecule has 1 aliphatic rings. The minimum atomic E-state index is -0.559. The molecule has 10 heteroatoms. The first kappa shape index (κ1) is 17.8. The van der Waals surface area contributed by atoms with E-state index in [1.54, 1.807) is 18.3 Å². The van der Waals surface area contributed by atoms with E-state index < -0.39 is 18.0 Å². The van der Waals surface area contributed by atoms with Crippen molar-refractivity contribution < 1.29 is 18.7 Å². The van der Waals surface area contributed by atoms with Crippen LogP contribution in [0.15, 0.2) is 24.4 Å². The van der Waals surface area contributed by atoms with Crippen molar-refractivity contribution in [2.24, 2.45) is 0 Å². The predicted octanol–water partition coefficient (Wildman–Crippen LogP) is 0.695. The van der Waals surface area contributed by atoms with Gasteiger partial charge in [0.15, 0.2) is 0 Å². The number of hydrogen-bond donors (Lipinski definition) is 3. The van der Waals surface area contributed by atoms with Gasteiger partial charge in [-0.3, -0.25) is 9.69 Å². The summed E-state index contributed by atoms with van der Waals surface area (Å²) in [5.74, 6) is -0.624. The Labute approximate surface area is 148 Å². The van der Waals surface area contributed by atoms with Gasteiger partial charge in [0, 0.05) is 25.6 Å². The number of anilines is 1. The van der Waals surface area contributed by atoms with Gasteiger partial charge in [0.25, 0.3) is 0 Å². The molecule has 2 aromatic rings. The zero-order valence-corrected chi connectivity index (χ0v) is 14.2. The first-order valence-electron chi connectivity index (χ1n) is 8.09. The van der Waals surface area contributed by atoms with E-state index in [0.29, 0.717) is 24.3 Å². The highest BCUT2D eigenvalue weighted by molar-refractivity contribution is 5.89. The van der Waals surface area contributed by atoms with Gasteiger partial charge in [-0.05, 0) is 12.1 Å². The van der Waals surface area contributed by atoms with Crippen LogP contribution in [0.5, 0.6) is 0 Å². The number of benzene rings is 1. The normalized spacial score (nSPS) is 16.6. The zero-order chi connectivity index (χ0) is 18.5. The number of nitrogens with zero attached hydrogens (tertiary/aromatic N) is 3. The molecule has 1 saturated heterocycles. The molecule has 0 unspecified atom stereocenters. The lowest BCUT2D eigenvalue weighted by atomic mass is 10.1. The molecule has 0 spiro atoms. The molecular weight excluding hydrogens is 343 g/mol. The number of cyclic esters (lactones) is 1. The lowest BCUT2D eigenvalue weighted by molar-refractivity contribution is -0.119.